The Kier molecular flexibility index (Phi) is 2.29. The highest BCUT2D eigenvalue weighted by Gasteiger charge is 2.23. The summed E-state index contributed by atoms with van der Waals surface area (Å²) in [6.07, 6.45) is 2.03. The van der Waals surface area contributed by atoms with Crippen LogP contribution in [0.5, 0.6) is 0 Å². The van der Waals surface area contributed by atoms with Gasteiger partial charge in [-0.1, -0.05) is 20.8 Å². The smallest absolute Gasteiger partial charge is 0.0498 e. The molecule has 0 aliphatic heterocycles. The molecular formula is C10H18N2. The Balaban J connectivity index is 2.92. The topological polar surface area (TPSA) is 30.9 Å². The lowest BCUT2D eigenvalue weighted by atomic mass is 9.85. The standard InChI is InChI=1S/C10H18N2/c1-10(2,3)9(11)8-6-5-7-12(8)4/h5-7,9H,11H2,1-4H3/t9-/m0/s1. The number of aryl methyl sites for hydroxylation is 1. The van der Waals surface area contributed by atoms with Crippen LogP contribution in [0.15, 0.2) is 18.3 Å². The van der Waals surface area contributed by atoms with Gasteiger partial charge in [0.2, 0.25) is 0 Å². The lowest BCUT2D eigenvalue weighted by Crippen LogP contribution is -2.27. The van der Waals surface area contributed by atoms with Crippen molar-refractivity contribution in [2.24, 2.45) is 18.2 Å². The molecule has 0 bridgehead atoms. The fourth-order valence-corrected chi connectivity index (χ4v) is 1.24. The molecule has 1 atom stereocenters. The van der Waals surface area contributed by atoms with Crippen molar-refractivity contribution in [3.05, 3.63) is 24.0 Å². The number of hydrogen-bond donors (Lipinski definition) is 1. The van der Waals surface area contributed by atoms with E-state index in [-0.39, 0.29) is 11.5 Å². The van der Waals surface area contributed by atoms with Gasteiger partial charge in [-0.3, -0.25) is 0 Å². The zero-order valence-corrected chi connectivity index (χ0v) is 8.33. The maximum Gasteiger partial charge on any atom is 0.0498 e. The van der Waals surface area contributed by atoms with Gasteiger partial charge in [0.05, 0.1) is 0 Å². The second-order valence-electron chi connectivity index (χ2n) is 4.39. The molecule has 1 aromatic heterocycles. The van der Waals surface area contributed by atoms with Crippen LogP contribution >= 0.6 is 0 Å². The van der Waals surface area contributed by atoms with Crippen LogP contribution in [0.25, 0.3) is 0 Å². The van der Waals surface area contributed by atoms with Crippen LogP contribution in [-0.2, 0) is 7.05 Å². The molecule has 0 radical (unpaired) electrons. The Hall–Kier alpha value is -0.760. The first-order chi connectivity index (χ1) is 5.43. The van der Waals surface area contributed by atoms with E-state index in [1.165, 1.54) is 5.69 Å². The van der Waals surface area contributed by atoms with E-state index in [9.17, 15) is 0 Å². The average Bonchev–Trinajstić information content (AvgIpc) is 2.31. The van der Waals surface area contributed by atoms with E-state index in [0.29, 0.717) is 0 Å². The van der Waals surface area contributed by atoms with E-state index in [0.717, 1.165) is 0 Å². The Morgan fingerprint density at radius 1 is 1.42 bits per heavy atom. The minimum atomic E-state index is 0.109. The second kappa shape index (κ2) is 2.94. The molecule has 12 heavy (non-hydrogen) atoms. The molecule has 1 aromatic rings. The summed E-state index contributed by atoms with van der Waals surface area (Å²) in [5.74, 6) is 0. The molecule has 1 heterocycles. The number of nitrogens with zero attached hydrogens (tertiary/aromatic N) is 1. The number of nitrogens with two attached hydrogens (primary N) is 1. The molecule has 2 N–H and O–H groups in total. The predicted octanol–water partition coefficient (Wildman–Crippen LogP) is 2.07. The average molecular weight is 166 g/mol. The first-order valence-electron chi connectivity index (χ1n) is 4.30. The van der Waals surface area contributed by atoms with Crippen LogP contribution in [0.3, 0.4) is 0 Å². The van der Waals surface area contributed by atoms with Crippen LogP contribution in [-0.4, -0.2) is 4.57 Å². The summed E-state index contributed by atoms with van der Waals surface area (Å²) in [7, 11) is 2.03. The second-order valence-corrected chi connectivity index (χ2v) is 4.39. The van der Waals surface area contributed by atoms with Gasteiger partial charge in [0.15, 0.2) is 0 Å². The van der Waals surface area contributed by atoms with E-state index in [1.54, 1.807) is 0 Å². The maximum absolute atomic E-state index is 6.10. The van der Waals surface area contributed by atoms with Gasteiger partial charge in [0, 0.05) is 25.0 Å². The Labute approximate surface area is 74.4 Å². The first-order valence-corrected chi connectivity index (χ1v) is 4.30. The number of hydrogen-bond acceptors (Lipinski definition) is 1. The summed E-state index contributed by atoms with van der Waals surface area (Å²) in [6.45, 7) is 6.47. The molecule has 1 rings (SSSR count). The summed E-state index contributed by atoms with van der Waals surface area (Å²) in [4.78, 5) is 0. The van der Waals surface area contributed by atoms with Crippen molar-refractivity contribution in [2.75, 3.05) is 0 Å². The molecule has 0 unspecified atom stereocenters. The molecule has 0 amide bonds. The van der Waals surface area contributed by atoms with Crippen LogP contribution in [0.1, 0.15) is 32.5 Å². The summed E-state index contributed by atoms with van der Waals surface area (Å²) in [5.41, 5.74) is 7.42. The molecule has 0 spiro atoms. The summed E-state index contributed by atoms with van der Waals surface area (Å²) < 4.78 is 2.08. The van der Waals surface area contributed by atoms with Crippen LogP contribution < -0.4 is 5.73 Å². The Bertz CT molecular complexity index is 255. The third-order valence-corrected chi connectivity index (χ3v) is 2.24. The van der Waals surface area contributed by atoms with Gasteiger partial charge in [-0.2, -0.15) is 0 Å². The SMILES string of the molecule is Cn1cccc1[C@H](N)C(C)(C)C. The lowest BCUT2D eigenvalue weighted by Gasteiger charge is -2.27. The van der Waals surface area contributed by atoms with Crippen LogP contribution in [0.4, 0.5) is 0 Å². The molecule has 0 aliphatic carbocycles. The Morgan fingerprint density at radius 3 is 2.33 bits per heavy atom. The molecule has 2 heteroatoms. The Morgan fingerprint density at radius 2 is 2.00 bits per heavy atom. The van der Waals surface area contributed by atoms with Gasteiger partial charge in [-0.25, -0.2) is 0 Å². The largest absolute Gasteiger partial charge is 0.353 e. The van der Waals surface area contributed by atoms with E-state index in [2.05, 4.69) is 31.4 Å². The van der Waals surface area contributed by atoms with Gasteiger partial charge in [0.1, 0.15) is 0 Å². The van der Waals surface area contributed by atoms with Gasteiger partial charge in [-0.05, 0) is 17.5 Å². The van der Waals surface area contributed by atoms with Crippen molar-refractivity contribution in [3.63, 3.8) is 0 Å². The van der Waals surface area contributed by atoms with Crippen LogP contribution in [0.2, 0.25) is 0 Å². The number of aromatic nitrogens is 1. The van der Waals surface area contributed by atoms with E-state index >= 15 is 0 Å². The fraction of sp³-hybridized carbons (Fsp3) is 0.600. The molecular weight excluding hydrogens is 148 g/mol. The van der Waals surface area contributed by atoms with E-state index < -0.39 is 0 Å². The van der Waals surface area contributed by atoms with Gasteiger partial charge < -0.3 is 10.3 Å². The van der Waals surface area contributed by atoms with Crippen molar-refractivity contribution in [1.29, 1.82) is 0 Å². The van der Waals surface area contributed by atoms with Crippen LogP contribution in [0, 0.1) is 5.41 Å². The van der Waals surface area contributed by atoms with Gasteiger partial charge in [0.25, 0.3) is 0 Å². The molecule has 0 aromatic carbocycles. The quantitative estimate of drug-likeness (QED) is 0.680. The minimum Gasteiger partial charge on any atom is -0.353 e. The fourth-order valence-electron chi connectivity index (χ4n) is 1.24. The maximum atomic E-state index is 6.10. The lowest BCUT2D eigenvalue weighted by molar-refractivity contribution is 0.316. The zero-order chi connectivity index (χ0) is 9.35. The normalized spacial score (nSPS) is 14.8. The van der Waals surface area contributed by atoms with Gasteiger partial charge >= 0.3 is 0 Å². The first kappa shape index (κ1) is 9.33. The van der Waals surface area contributed by atoms with Crippen molar-refractivity contribution < 1.29 is 0 Å². The van der Waals surface area contributed by atoms with Crippen molar-refractivity contribution in [3.8, 4) is 0 Å². The highest BCUT2D eigenvalue weighted by atomic mass is 15.0. The molecule has 0 fully saturated rings. The van der Waals surface area contributed by atoms with E-state index in [1.807, 2.05) is 19.3 Å². The van der Waals surface area contributed by atoms with E-state index in [4.69, 9.17) is 5.73 Å². The zero-order valence-electron chi connectivity index (χ0n) is 8.33. The molecule has 2 nitrogen and oxygen atoms in total. The molecule has 0 aliphatic rings. The summed E-state index contributed by atoms with van der Waals surface area (Å²) >= 11 is 0. The third kappa shape index (κ3) is 1.69. The summed E-state index contributed by atoms with van der Waals surface area (Å²) in [5, 5.41) is 0. The predicted molar refractivity (Wildman–Crippen MR) is 51.8 cm³/mol. The highest BCUT2D eigenvalue weighted by Crippen LogP contribution is 2.29. The van der Waals surface area contributed by atoms with Crippen molar-refractivity contribution in [2.45, 2.75) is 26.8 Å². The van der Waals surface area contributed by atoms with Crippen molar-refractivity contribution in [1.82, 2.24) is 4.57 Å². The monoisotopic (exact) mass is 166 g/mol. The molecule has 68 valence electrons. The van der Waals surface area contributed by atoms with Gasteiger partial charge in [-0.15, -0.1) is 0 Å². The third-order valence-electron chi connectivity index (χ3n) is 2.24. The van der Waals surface area contributed by atoms with Crippen molar-refractivity contribution >= 4 is 0 Å². The number of rotatable bonds is 1. The summed E-state index contributed by atoms with van der Waals surface area (Å²) in [6, 6.07) is 4.22. The highest BCUT2D eigenvalue weighted by molar-refractivity contribution is 5.13. The molecule has 0 saturated carbocycles. The molecule has 0 saturated heterocycles. The minimum absolute atomic E-state index is 0.109.